The number of nitrogens with zero attached hydrogens (tertiary/aromatic N) is 5. The van der Waals surface area contributed by atoms with Crippen LogP contribution in [0.3, 0.4) is 0 Å². The fourth-order valence-corrected chi connectivity index (χ4v) is 7.05. The van der Waals surface area contributed by atoms with Crippen LogP contribution in [-0.4, -0.2) is 40.0 Å². The minimum absolute atomic E-state index is 0.234. The zero-order valence-corrected chi connectivity index (χ0v) is 32.7. The van der Waals surface area contributed by atoms with Crippen LogP contribution in [0.2, 0.25) is 0 Å². The van der Waals surface area contributed by atoms with Crippen LogP contribution >= 0.6 is 11.3 Å². The summed E-state index contributed by atoms with van der Waals surface area (Å²) in [6.07, 6.45) is 25.6. The largest absolute Gasteiger partial charge is 0.496 e. The minimum Gasteiger partial charge on any atom is -0.496 e. The van der Waals surface area contributed by atoms with Crippen molar-refractivity contribution in [2.24, 2.45) is 0 Å². The van der Waals surface area contributed by atoms with Crippen LogP contribution in [0.15, 0.2) is 30.3 Å². The van der Waals surface area contributed by atoms with E-state index in [0.29, 0.717) is 28.5 Å². The standard InChI is InChI=1S/C44H53N5O2S/c1-8-11-14-17-20-23-30-48(31-24-21-18-15-12-9-2)40-29-27-36(52-40)34-38-41(44(4,5)6)47-49-42(45-46-43(38)49)37-33-35(26-28-39(37)50-7)51-32-25-22-19-16-13-10-3/h3,26-29,33-34H,8-9,11-12,14-15,17-18,20-21,23-24,30-31H2,1-2,4-7H3. The Labute approximate surface area is 315 Å². The number of fused-ring (bicyclic) bond motifs is 1. The van der Waals surface area contributed by atoms with Crippen molar-refractivity contribution in [1.29, 1.82) is 0 Å². The Kier molecular flexibility index (Phi) is 16.0. The number of aromatic nitrogens is 4. The first-order valence-corrected chi connectivity index (χ1v) is 19.5. The van der Waals surface area contributed by atoms with Gasteiger partial charge < -0.3 is 14.4 Å². The number of methoxy groups -OCH3 is 1. The van der Waals surface area contributed by atoms with Gasteiger partial charge in [0, 0.05) is 46.4 Å². The number of unbranched alkanes of at least 4 members (excludes halogenated alkanes) is 10. The van der Waals surface area contributed by atoms with Crippen molar-refractivity contribution in [1.82, 2.24) is 19.8 Å². The number of hydrogen-bond donors (Lipinski definition) is 0. The first kappa shape index (κ1) is 39.9. The van der Waals surface area contributed by atoms with Crippen LogP contribution in [0.5, 0.6) is 11.5 Å². The van der Waals surface area contributed by atoms with Gasteiger partial charge in [-0.15, -0.1) is 28.0 Å². The summed E-state index contributed by atoms with van der Waals surface area (Å²) in [7, 11) is 1.62. The highest BCUT2D eigenvalue weighted by atomic mass is 32.1. The maximum absolute atomic E-state index is 5.72. The van der Waals surface area contributed by atoms with Crippen molar-refractivity contribution in [2.45, 2.75) is 117 Å². The van der Waals surface area contributed by atoms with Crippen molar-refractivity contribution in [3.8, 4) is 70.9 Å². The van der Waals surface area contributed by atoms with E-state index in [1.165, 1.54) is 86.9 Å². The third kappa shape index (κ3) is 11.6. The molecule has 3 aromatic heterocycles. The molecular weight excluding hydrogens is 663 g/mol. The zero-order chi connectivity index (χ0) is 37.2. The second kappa shape index (κ2) is 20.8. The molecule has 272 valence electrons. The van der Waals surface area contributed by atoms with Crippen molar-refractivity contribution in [3.05, 3.63) is 46.1 Å². The van der Waals surface area contributed by atoms with Crippen molar-refractivity contribution >= 4 is 28.1 Å². The molecule has 8 heteroatoms. The third-order valence-corrected chi connectivity index (χ3v) is 9.87. The van der Waals surface area contributed by atoms with E-state index in [1.54, 1.807) is 13.2 Å². The third-order valence-electron chi connectivity index (χ3n) is 8.78. The lowest BCUT2D eigenvalue weighted by molar-refractivity contribution is 0.414. The Balaban J connectivity index is 1.64. The topological polar surface area (TPSA) is 64.8 Å². The molecule has 3 heterocycles. The van der Waals surface area contributed by atoms with E-state index in [2.05, 4.69) is 110 Å². The summed E-state index contributed by atoms with van der Waals surface area (Å²) in [5.74, 6) is 16.6. The molecule has 0 bridgehead atoms. The molecule has 4 rings (SSSR count). The zero-order valence-electron chi connectivity index (χ0n) is 31.9. The smallest absolute Gasteiger partial charge is 0.189 e. The average molecular weight is 716 g/mol. The lowest BCUT2D eigenvalue weighted by Gasteiger charge is -2.23. The summed E-state index contributed by atoms with van der Waals surface area (Å²) < 4.78 is 13.2. The first-order chi connectivity index (χ1) is 25.3. The Hall–Kier alpha value is -4.89. The molecule has 0 saturated heterocycles. The Morgan fingerprint density at radius 2 is 1.48 bits per heavy atom. The average Bonchev–Trinajstić information content (AvgIpc) is 3.86. The van der Waals surface area contributed by atoms with Gasteiger partial charge in [0.15, 0.2) is 11.5 Å². The van der Waals surface area contributed by atoms with Crippen LogP contribution < -0.4 is 19.6 Å². The van der Waals surface area contributed by atoms with Crippen LogP contribution in [0.25, 0.3) is 23.1 Å². The number of ether oxygens (including phenoxy) is 2. The number of terminal acetylenes is 1. The highest BCUT2D eigenvalue weighted by Crippen LogP contribution is 2.33. The van der Waals surface area contributed by atoms with Crippen LogP contribution in [0.1, 0.15) is 122 Å². The Bertz CT molecular complexity index is 2010. The molecule has 0 radical (unpaired) electrons. The molecule has 0 aliphatic heterocycles. The van der Waals surface area contributed by atoms with Crippen LogP contribution in [0.4, 0.5) is 5.00 Å². The normalized spacial score (nSPS) is 11.2. The minimum atomic E-state index is -0.234. The Morgan fingerprint density at radius 3 is 2.13 bits per heavy atom. The quantitative estimate of drug-likeness (QED) is 0.0713. The molecule has 0 unspecified atom stereocenters. The molecule has 0 N–H and O–H groups in total. The van der Waals surface area contributed by atoms with Gasteiger partial charge in [-0.05, 0) is 67.0 Å². The SMILES string of the molecule is C#CC#CC#CC#COc1ccc(OC)c(-c2nnc3c(=Cc4ccc(N(CCCCCCCC)CCCCCCCC)s4)c(C(C)(C)C)nn23)c1. The molecule has 0 amide bonds. The van der Waals surface area contributed by atoms with Gasteiger partial charge >= 0.3 is 0 Å². The lowest BCUT2D eigenvalue weighted by atomic mass is 9.91. The summed E-state index contributed by atoms with van der Waals surface area (Å²) in [4.78, 5) is 3.79. The first-order valence-electron chi connectivity index (χ1n) is 18.7. The van der Waals surface area contributed by atoms with Gasteiger partial charge in [-0.3, -0.25) is 0 Å². The van der Waals surface area contributed by atoms with Gasteiger partial charge in [0.1, 0.15) is 17.6 Å². The van der Waals surface area contributed by atoms with Gasteiger partial charge in [-0.2, -0.15) is 9.61 Å². The number of benzene rings is 1. The fourth-order valence-electron chi connectivity index (χ4n) is 6.05. The second-order valence-electron chi connectivity index (χ2n) is 13.9. The molecule has 0 aliphatic rings. The summed E-state index contributed by atoms with van der Waals surface area (Å²) >= 11 is 1.85. The maximum Gasteiger partial charge on any atom is 0.189 e. The van der Waals surface area contributed by atoms with Gasteiger partial charge in [0.25, 0.3) is 0 Å². The van der Waals surface area contributed by atoms with Crippen LogP contribution in [0, 0.1) is 48.1 Å². The van der Waals surface area contributed by atoms with E-state index in [-0.39, 0.29) is 5.41 Å². The molecule has 4 aromatic rings. The second-order valence-corrected chi connectivity index (χ2v) is 15.0. The molecule has 52 heavy (non-hydrogen) atoms. The van der Waals surface area contributed by atoms with Crippen molar-refractivity contribution < 1.29 is 9.47 Å². The molecule has 0 spiro atoms. The van der Waals surface area contributed by atoms with E-state index >= 15 is 0 Å². The monoisotopic (exact) mass is 715 g/mol. The summed E-state index contributed by atoms with van der Waals surface area (Å²) in [5.41, 5.74) is 2.10. The maximum atomic E-state index is 5.72. The molecule has 0 atom stereocenters. The highest BCUT2D eigenvalue weighted by Gasteiger charge is 2.25. The number of hydrogen-bond acceptors (Lipinski definition) is 7. The lowest BCUT2D eigenvalue weighted by Crippen LogP contribution is -2.24. The predicted octanol–water partition coefficient (Wildman–Crippen LogP) is 9.21. The van der Waals surface area contributed by atoms with Crippen LogP contribution in [-0.2, 0) is 5.41 Å². The van der Waals surface area contributed by atoms with Gasteiger partial charge in [-0.1, -0.05) is 98.8 Å². The van der Waals surface area contributed by atoms with E-state index in [1.807, 2.05) is 28.0 Å². The molecule has 0 aliphatic carbocycles. The molecule has 0 saturated carbocycles. The highest BCUT2D eigenvalue weighted by molar-refractivity contribution is 7.16. The number of anilines is 1. The van der Waals surface area contributed by atoms with Gasteiger partial charge in [0.05, 0.1) is 23.4 Å². The van der Waals surface area contributed by atoms with E-state index in [9.17, 15) is 0 Å². The van der Waals surface area contributed by atoms with Crippen molar-refractivity contribution in [3.63, 3.8) is 0 Å². The molecule has 0 fully saturated rings. The summed E-state index contributed by atoms with van der Waals surface area (Å²) in [5, 5.41) is 16.7. The number of thiophene rings is 1. The fraction of sp³-hybridized carbons (Fsp3) is 0.477. The van der Waals surface area contributed by atoms with Gasteiger partial charge in [0.2, 0.25) is 0 Å². The van der Waals surface area contributed by atoms with E-state index in [0.717, 1.165) is 24.0 Å². The van der Waals surface area contributed by atoms with E-state index < -0.39 is 0 Å². The van der Waals surface area contributed by atoms with Gasteiger partial charge in [-0.25, -0.2) is 0 Å². The molecular formula is C44H53N5O2S. The summed E-state index contributed by atoms with van der Waals surface area (Å²) in [6.45, 7) is 13.3. The summed E-state index contributed by atoms with van der Waals surface area (Å²) in [6, 6.07) is 9.93. The molecule has 1 aromatic carbocycles. The van der Waals surface area contributed by atoms with E-state index in [4.69, 9.17) is 21.0 Å². The number of rotatable bonds is 19. The Morgan fingerprint density at radius 1 is 0.827 bits per heavy atom. The van der Waals surface area contributed by atoms with Crippen molar-refractivity contribution in [2.75, 3.05) is 25.1 Å². The molecule has 7 nitrogen and oxygen atoms in total. The predicted molar refractivity (Wildman–Crippen MR) is 216 cm³/mol.